The molecule has 220 valence electrons. The van der Waals surface area contributed by atoms with E-state index in [4.69, 9.17) is 14.7 Å². The summed E-state index contributed by atoms with van der Waals surface area (Å²) in [6, 6.07) is 18.4. The monoisotopic (exact) mass is 576 g/mol. The zero-order valence-electron chi connectivity index (χ0n) is 23.5. The van der Waals surface area contributed by atoms with Crippen molar-refractivity contribution >= 4 is 28.7 Å². The number of amides is 1. The Bertz CT molecular complexity index is 1520. The van der Waals surface area contributed by atoms with Gasteiger partial charge in [-0.15, -0.1) is 0 Å². The molecule has 0 aliphatic carbocycles. The summed E-state index contributed by atoms with van der Waals surface area (Å²) < 4.78 is 35.4. The van der Waals surface area contributed by atoms with Crippen LogP contribution in [-0.2, 0) is 16.0 Å². The second-order valence-corrected chi connectivity index (χ2v) is 10.4. The van der Waals surface area contributed by atoms with Gasteiger partial charge in [0.15, 0.2) is 5.82 Å². The van der Waals surface area contributed by atoms with Gasteiger partial charge in [0.25, 0.3) is 6.43 Å². The average Bonchev–Trinajstić information content (AvgIpc) is 3.44. The lowest BCUT2D eigenvalue weighted by atomic mass is 10.0. The van der Waals surface area contributed by atoms with Crippen molar-refractivity contribution in [1.82, 2.24) is 29.7 Å². The van der Waals surface area contributed by atoms with Gasteiger partial charge in [0, 0.05) is 45.3 Å². The Hall–Kier alpha value is -4.16. The molecule has 2 saturated heterocycles. The Morgan fingerprint density at radius 3 is 2.29 bits per heavy atom. The fourth-order valence-electron chi connectivity index (χ4n) is 5.56. The number of fused-ring (bicyclic) bond motifs is 1. The number of carbonyl (C=O) groups excluding carboxylic acids is 1. The highest BCUT2D eigenvalue weighted by Gasteiger charge is 2.29. The largest absolute Gasteiger partial charge is 0.378 e. The first-order valence-electron chi connectivity index (χ1n) is 14.2. The summed E-state index contributed by atoms with van der Waals surface area (Å²) in [7, 11) is 1.81. The van der Waals surface area contributed by atoms with Crippen LogP contribution in [0.25, 0.3) is 16.9 Å². The lowest BCUT2D eigenvalue weighted by Gasteiger charge is -2.37. The minimum atomic E-state index is -2.78. The van der Waals surface area contributed by atoms with Crippen LogP contribution in [-0.4, -0.2) is 95.9 Å². The number of halogens is 2. The molecule has 0 radical (unpaired) electrons. The summed E-state index contributed by atoms with van der Waals surface area (Å²) in [5.41, 5.74) is 2.12. The first kappa shape index (κ1) is 28.0. The van der Waals surface area contributed by atoms with E-state index >= 15 is 0 Å². The molecule has 0 spiro atoms. The van der Waals surface area contributed by atoms with Gasteiger partial charge in [0.05, 0.1) is 30.3 Å². The predicted octanol–water partition coefficient (Wildman–Crippen LogP) is 3.07. The van der Waals surface area contributed by atoms with E-state index in [1.807, 2.05) is 47.2 Å². The molecule has 2 aromatic heterocycles. The number of alkyl halides is 2. The molecule has 0 bridgehead atoms. The number of hydrogen-bond acceptors (Lipinski definition) is 8. The number of morpholine rings is 1. The number of piperazine rings is 1. The van der Waals surface area contributed by atoms with Crippen LogP contribution in [0.4, 0.5) is 20.5 Å². The molecular formula is C30H34F2N8O2. The number of hydrogen-bond donors (Lipinski definition) is 1. The van der Waals surface area contributed by atoms with Crippen LogP contribution in [0.2, 0.25) is 0 Å². The van der Waals surface area contributed by atoms with Gasteiger partial charge in [-0.2, -0.15) is 9.97 Å². The Labute approximate surface area is 242 Å². The van der Waals surface area contributed by atoms with E-state index in [9.17, 15) is 13.6 Å². The third-order valence-corrected chi connectivity index (χ3v) is 7.84. The molecule has 4 aromatic rings. The predicted molar refractivity (Wildman–Crippen MR) is 156 cm³/mol. The Balaban J connectivity index is 1.28. The smallest absolute Gasteiger partial charge is 0.296 e. The Kier molecular flexibility index (Phi) is 8.24. The first-order chi connectivity index (χ1) is 20.5. The van der Waals surface area contributed by atoms with Gasteiger partial charge in [-0.05, 0) is 31.2 Å². The molecule has 2 aromatic carbocycles. The highest BCUT2D eigenvalue weighted by Crippen LogP contribution is 2.30. The maximum absolute atomic E-state index is 14.2. The molecule has 10 nitrogen and oxygen atoms in total. The fourth-order valence-corrected chi connectivity index (χ4v) is 5.56. The zero-order chi connectivity index (χ0) is 29.1. The van der Waals surface area contributed by atoms with Gasteiger partial charge in [-0.3, -0.25) is 9.36 Å². The third kappa shape index (κ3) is 5.77. The quantitative estimate of drug-likeness (QED) is 0.342. The molecule has 2 aliphatic heterocycles. The molecular weight excluding hydrogens is 542 g/mol. The molecule has 1 atom stereocenters. The third-order valence-electron chi connectivity index (χ3n) is 7.84. The van der Waals surface area contributed by atoms with Crippen molar-refractivity contribution in [3.8, 4) is 5.82 Å². The molecule has 2 fully saturated rings. The molecule has 2 aliphatic rings. The van der Waals surface area contributed by atoms with Crippen molar-refractivity contribution in [2.24, 2.45) is 0 Å². The van der Waals surface area contributed by atoms with Gasteiger partial charge in [0.1, 0.15) is 11.6 Å². The summed E-state index contributed by atoms with van der Waals surface area (Å²) in [5, 5.41) is 3.17. The maximum Gasteiger partial charge on any atom is 0.296 e. The summed E-state index contributed by atoms with van der Waals surface area (Å²) in [5.74, 6) is 1.11. The normalized spacial score (nSPS) is 16.8. The van der Waals surface area contributed by atoms with Gasteiger partial charge in [0.2, 0.25) is 11.9 Å². The van der Waals surface area contributed by atoms with Crippen LogP contribution in [0, 0.1) is 0 Å². The Morgan fingerprint density at radius 1 is 0.881 bits per heavy atom. The van der Waals surface area contributed by atoms with Crippen molar-refractivity contribution in [2.45, 2.75) is 18.9 Å². The lowest BCUT2D eigenvalue weighted by molar-refractivity contribution is -0.133. The van der Waals surface area contributed by atoms with Gasteiger partial charge >= 0.3 is 0 Å². The van der Waals surface area contributed by atoms with Crippen molar-refractivity contribution < 1.29 is 18.3 Å². The van der Waals surface area contributed by atoms with Crippen molar-refractivity contribution in [2.75, 3.05) is 69.3 Å². The van der Waals surface area contributed by atoms with E-state index in [0.29, 0.717) is 87.5 Å². The number of carbonyl (C=O) groups is 1. The van der Waals surface area contributed by atoms with Crippen LogP contribution in [0.5, 0.6) is 0 Å². The molecule has 6 rings (SSSR count). The van der Waals surface area contributed by atoms with Gasteiger partial charge in [-0.25, -0.2) is 13.8 Å². The first-order valence-corrected chi connectivity index (χ1v) is 14.2. The topological polar surface area (TPSA) is 91.7 Å². The molecule has 42 heavy (non-hydrogen) atoms. The number of anilines is 2. The molecule has 1 amide bonds. The number of ether oxygens (including phenoxy) is 1. The number of likely N-dealkylation sites (N-methyl/N-ethyl adjacent to an activating group) is 1. The second-order valence-electron chi connectivity index (χ2n) is 10.4. The van der Waals surface area contributed by atoms with E-state index in [0.717, 1.165) is 5.56 Å². The molecule has 12 heteroatoms. The highest BCUT2D eigenvalue weighted by atomic mass is 19.3. The summed E-state index contributed by atoms with van der Waals surface area (Å²) in [6.45, 7) is 4.43. The molecule has 0 unspecified atom stereocenters. The SMILES string of the molecule is CN[C@H](Cc1ccccc1)C(=O)N1CCN(c2nc(N3CCOCC3)cc(-n3c(C(F)F)nc4ccccc43)n2)CC1. The number of benzene rings is 2. The van der Waals surface area contributed by atoms with E-state index < -0.39 is 6.43 Å². The van der Waals surface area contributed by atoms with Gasteiger partial charge < -0.3 is 24.8 Å². The highest BCUT2D eigenvalue weighted by molar-refractivity contribution is 5.82. The van der Waals surface area contributed by atoms with Crippen molar-refractivity contribution in [3.63, 3.8) is 0 Å². The summed E-state index contributed by atoms with van der Waals surface area (Å²) in [4.78, 5) is 33.2. The van der Waals surface area contributed by atoms with Crippen LogP contribution in [0.15, 0.2) is 60.7 Å². The van der Waals surface area contributed by atoms with Crippen molar-refractivity contribution in [3.05, 3.63) is 72.1 Å². The maximum atomic E-state index is 14.2. The molecule has 1 N–H and O–H groups in total. The number of aromatic nitrogens is 4. The van der Waals surface area contributed by atoms with Gasteiger partial charge in [-0.1, -0.05) is 42.5 Å². The number of rotatable bonds is 8. The van der Waals surface area contributed by atoms with E-state index in [-0.39, 0.29) is 17.8 Å². The second kappa shape index (κ2) is 12.4. The number of nitrogens with one attached hydrogen (secondary N) is 1. The van der Waals surface area contributed by atoms with E-state index in [1.165, 1.54) is 4.57 Å². The minimum Gasteiger partial charge on any atom is -0.378 e. The fraction of sp³-hybridized carbons (Fsp3) is 0.400. The van der Waals surface area contributed by atoms with Crippen molar-refractivity contribution in [1.29, 1.82) is 0 Å². The van der Waals surface area contributed by atoms with Crippen LogP contribution < -0.4 is 15.1 Å². The standard InChI is InChI=1S/C30H34F2N8O2/c1-33-23(19-21-7-3-2-4-8-21)29(41)38-11-13-39(14-12-38)30-35-25(37-15-17-42-18-16-37)20-26(36-30)40-24-10-6-5-9-22(24)34-28(40)27(31)32/h2-10,20,23,27,33H,11-19H2,1H3/t23-/m1/s1. The minimum absolute atomic E-state index is 0.0520. The van der Waals surface area contributed by atoms with Crippen LogP contribution in [0.1, 0.15) is 17.8 Å². The number of nitrogens with zero attached hydrogens (tertiary/aromatic N) is 7. The number of imidazole rings is 1. The molecule has 4 heterocycles. The lowest BCUT2D eigenvalue weighted by Crippen LogP contribution is -2.54. The Morgan fingerprint density at radius 2 is 1.57 bits per heavy atom. The van der Waals surface area contributed by atoms with E-state index in [2.05, 4.69) is 15.2 Å². The van der Waals surface area contributed by atoms with Crippen LogP contribution in [0.3, 0.4) is 0 Å². The number of para-hydroxylation sites is 2. The summed E-state index contributed by atoms with van der Waals surface area (Å²) >= 11 is 0. The zero-order valence-corrected chi connectivity index (χ0v) is 23.5. The molecule has 0 saturated carbocycles. The van der Waals surface area contributed by atoms with E-state index in [1.54, 1.807) is 30.3 Å². The van der Waals surface area contributed by atoms with Crippen LogP contribution >= 0.6 is 0 Å². The summed E-state index contributed by atoms with van der Waals surface area (Å²) in [6.07, 6.45) is -2.18. The average molecular weight is 577 g/mol.